The molecule has 0 unspecified atom stereocenters. The Labute approximate surface area is 154 Å². The maximum absolute atomic E-state index is 14.2. The molecular weight excluding hydrogens is 415 g/mol. The molecule has 1 spiro atoms. The summed E-state index contributed by atoms with van der Waals surface area (Å²) in [6.07, 6.45) is -13.9. The van der Waals surface area contributed by atoms with Crippen molar-refractivity contribution in [2.24, 2.45) is 4.99 Å². The Balaban J connectivity index is 1.80. The first kappa shape index (κ1) is 18.6. The van der Waals surface area contributed by atoms with Crippen LogP contribution in [0, 0.1) is 0 Å². The molecule has 4 bridgehead atoms. The fourth-order valence-electron chi connectivity index (χ4n) is 4.43. The number of aliphatic imine (C=N–C) groups is 1. The molecule has 5 aliphatic rings. The minimum atomic E-state index is -6.30. The molecule has 0 amide bonds. The van der Waals surface area contributed by atoms with Gasteiger partial charge in [-0.3, -0.25) is 0 Å². The molecule has 6 rings (SSSR count). The molecule has 1 aromatic rings. The van der Waals surface area contributed by atoms with E-state index in [1.54, 1.807) is 6.07 Å². The average Bonchev–Trinajstić information content (AvgIpc) is 2.84. The van der Waals surface area contributed by atoms with Crippen LogP contribution in [0.3, 0.4) is 0 Å². The Bertz CT molecular complexity index is 803. The van der Waals surface area contributed by atoms with E-state index < -0.39 is 49.4 Å². The number of alkyl halides is 6. The van der Waals surface area contributed by atoms with Gasteiger partial charge < -0.3 is 0 Å². The molecule has 0 aromatic heterocycles. The molecular formula is C16H14F6NO4P. The van der Waals surface area contributed by atoms with E-state index in [9.17, 15) is 26.3 Å². The van der Waals surface area contributed by atoms with E-state index in [0.717, 1.165) is 0 Å². The summed E-state index contributed by atoms with van der Waals surface area (Å²) in [4.78, 5) is 3.10. The third-order valence-corrected chi connectivity index (χ3v) is 9.55. The Morgan fingerprint density at radius 1 is 0.821 bits per heavy atom. The summed E-state index contributed by atoms with van der Waals surface area (Å²) in [5.74, 6) is -0.852. The van der Waals surface area contributed by atoms with Crippen LogP contribution in [0.15, 0.2) is 35.3 Å². The number of hydrogen-bond acceptors (Lipinski definition) is 5. The fourth-order valence-corrected chi connectivity index (χ4v) is 8.88. The first-order chi connectivity index (χ1) is 13.0. The van der Waals surface area contributed by atoms with Gasteiger partial charge in [0.2, 0.25) is 0 Å². The average molecular weight is 429 g/mol. The van der Waals surface area contributed by atoms with Crippen LogP contribution in [-0.2, 0) is 18.1 Å². The SMILES string of the molecule is FC(F)(F)C1(C(F)(F)F)N=C(c2ccccc2)OP123OC1CC(CC(C1)O2)O3. The van der Waals surface area contributed by atoms with Gasteiger partial charge in [-0.2, -0.15) is 0 Å². The molecule has 28 heavy (non-hydrogen) atoms. The van der Waals surface area contributed by atoms with Crippen LogP contribution in [0.2, 0.25) is 0 Å². The molecule has 4 aliphatic heterocycles. The van der Waals surface area contributed by atoms with Crippen LogP contribution in [0.1, 0.15) is 24.8 Å². The summed E-state index contributed by atoms with van der Waals surface area (Å²) in [5.41, 5.74) is -0.0611. The summed E-state index contributed by atoms with van der Waals surface area (Å²) in [5, 5.41) is -4.77. The Morgan fingerprint density at radius 3 is 1.71 bits per heavy atom. The van der Waals surface area contributed by atoms with Gasteiger partial charge in [-0.15, -0.1) is 0 Å². The summed E-state index contributed by atoms with van der Waals surface area (Å²) < 4.78 is 107. The molecule has 5 nitrogen and oxygen atoms in total. The second-order valence-electron chi connectivity index (χ2n) is 7.24. The second kappa shape index (κ2) is 5.19. The van der Waals surface area contributed by atoms with Gasteiger partial charge in [0, 0.05) is 0 Å². The van der Waals surface area contributed by atoms with Crippen molar-refractivity contribution in [3.05, 3.63) is 35.9 Å². The first-order valence-electron chi connectivity index (χ1n) is 8.56. The van der Waals surface area contributed by atoms with Gasteiger partial charge >= 0.3 is 154 Å². The molecule has 1 aromatic carbocycles. The Kier molecular flexibility index (Phi) is 3.45. The summed E-state index contributed by atoms with van der Waals surface area (Å²) in [6.45, 7) is 0. The molecule has 3 saturated heterocycles. The first-order valence-corrected chi connectivity index (χ1v) is 10.5. The van der Waals surface area contributed by atoms with Crippen molar-refractivity contribution < 1.29 is 44.4 Å². The molecule has 0 atom stereocenters. The van der Waals surface area contributed by atoms with Crippen LogP contribution in [-0.4, -0.2) is 41.8 Å². The van der Waals surface area contributed by atoms with Crippen molar-refractivity contribution in [1.29, 1.82) is 0 Å². The van der Waals surface area contributed by atoms with E-state index in [-0.39, 0.29) is 24.8 Å². The van der Waals surface area contributed by atoms with Crippen LogP contribution >= 0.6 is 7.51 Å². The van der Waals surface area contributed by atoms with E-state index in [1.165, 1.54) is 24.3 Å². The summed E-state index contributed by atoms with van der Waals surface area (Å²) in [6, 6.07) is 7.03. The molecule has 1 saturated carbocycles. The number of nitrogens with zero attached hydrogens (tertiary/aromatic N) is 1. The number of hydrogen-bond donors (Lipinski definition) is 0. The molecule has 0 radical (unpaired) electrons. The predicted molar refractivity (Wildman–Crippen MR) is 84.3 cm³/mol. The number of benzene rings is 1. The summed E-state index contributed by atoms with van der Waals surface area (Å²) in [7, 11) is -6.30. The van der Waals surface area contributed by atoms with Crippen LogP contribution in [0.4, 0.5) is 26.3 Å². The van der Waals surface area contributed by atoms with Crippen molar-refractivity contribution in [3.63, 3.8) is 0 Å². The van der Waals surface area contributed by atoms with E-state index >= 15 is 0 Å². The fraction of sp³-hybridized carbons (Fsp3) is 0.562. The van der Waals surface area contributed by atoms with E-state index in [0.29, 0.717) is 0 Å². The number of rotatable bonds is 1. The van der Waals surface area contributed by atoms with Gasteiger partial charge in [0.1, 0.15) is 0 Å². The molecule has 12 heteroatoms. The predicted octanol–water partition coefficient (Wildman–Crippen LogP) is 4.86. The van der Waals surface area contributed by atoms with Crippen LogP contribution in [0.5, 0.6) is 0 Å². The van der Waals surface area contributed by atoms with Gasteiger partial charge in [0.05, 0.1) is 0 Å². The topological polar surface area (TPSA) is 49.3 Å². The van der Waals surface area contributed by atoms with Crippen molar-refractivity contribution >= 4 is 13.4 Å². The van der Waals surface area contributed by atoms with Gasteiger partial charge in [-0.05, 0) is 0 Å². The monoisotopic (exact) mass is 429 g/mol. The van der Waals surface area contributed by atoms with Crippen LogP contribution in [0.25, 0.3) is 0 Å². The summed E-state index contributed by atoms with van der Waals surface area (Å²) >= 11 is 0. The van der Waals surface area contributed by atoms with E-state index in [4.69, 9.17) is 18.1 Å². The molecule has 4 heterocycles. The third kappa shape index (κ3) is 2.05. The standard InChI is InChI=1S/C16H14F6NO4P/c17-15(18,19)14(16(20,21)22)23-13(9-4-2-1-3-5-9)27-28(14)24-10-6-11(25-28)8-12(7-10)26-28/h1-5,10-12H,6-8H2. The Morgan fingerprint density at radius 2 is 1.29 bits per heavy atom. The van der Waals surface area contributed by atoms with Gasteiger partial charge in [0.15, 0.2) is 0 Å². The van der Waals surface area contributed by atoms with Crippen molar-refractivity contribution in [3.8, 4) is 0 Å². The van der Waals surface area contributed by atoms with Gasteiger partial charge in [-0.25, -0.2) is 0 Å². The zero-order chi connectivity index (χ0) is 20.0. The van der Waals surface area contributed by atoms with Crippen molar-refractivity contribution in [2.75, 3.05) is 0 Å². The maximum atomic E-state index is 14.2. The molecule has 0 N–H and O–H groups in total. The molecule has 4 fully saturated rings. The zero-order valence-electron chi connectivity index (χ0n) is 14.0. The zero-order valence-corrected chi connectivity index (χ0v) is 14.9. The van der Waals surface area contributed by atoms with Gasteiger partial charge in [-0.1, -0.05) is 0 Å². The van der Waals surface area contributed by atoms with Crippen molar-refractivity contribution in [2.45, 2.75) is 55.2 Å². The minimum absolute atomic E-state index is 0.0611. The van der Waals surface area contributed by atoms with Gasteiger partial charge in [0.25, 0.3) is 0 Å². The van der Waals surface area contributed by atoms with E-state index in [2.05, 4.69) is 4.99 Å². The van der Waals surface area contributed by atoms with E-state index in [1.807, 2.05) is 0 Å². The Hall–Kier alpha value is -1.42. The number of halogens is 6. The third-order valence-electron chi connectivity index (χ3n) is 5.42. The normalized spacial score (nSPS) is 35.9. The second-order valence-corrected chi connectivity index (χ2v) is 10.3. The molecule has 1 aliphatic carbocycles. The van der Waals surface area contributed by atoms with Crippen LogP contribution < -0.4 is 0 Å². The molecule has 154 valence electrons. The quantitative estimate of drug-likeness (QED) is 0.473. The van der Waals surface area contributed by atoms with Crippen molar-refractivity contribution in [1.82, 2.24) is 0 Å².